The number of hydrogen-bond donors (Lipinski definition) is 1. The third-order valence-corrected chi connectivity index (χ3v) is 5.51. The van der Waals surface area contributed by atoms with E-state index < -0.39 is 5.60 Å². The van der Waals surface area contributed by atoms with Crippen molar-refractivity contribution in [3.8, 4) is 0 Å². The van der Waals surface area contributed by atoms with Crippen molar-refractivity contribution in [1.29, 1.82) is 0 Å². The van der Waals surface area contributed by atoms with Crippen LogP contribution in [-0.4, -0.2) is 47.9 Å². The Kier molecular flexibility index (Phi) is 8.29. The minimum Gasteiger partial charge on any atom is -0.444 e. The van der Waals surface area contributed by atoms with E-state index in [1.165, 1.54) is 0 Å². The van der Waals surface area contributed by atoms with Gasteiger partial charge in [0.05, 0.1) is 0 Å². The summed E-state index contributed by atoms with van der Waals surface area (Å²) in [6.07, 6.45) is 1.94. The minimum atomic E-state index is -0.474. The van der Waals surface area contributed by atoms with Gasteiger partial charge in [-0.2, -0.15) is 0 Å². The molecule has 2 amide bonds. The van der Waals surface area contributed by atoms with Crippen LogP contribution in [-0.2, 0) is 9.53 Å². The van der Waals surface area contributed by atoms with Crippen LogP contribution < -0.4 is 5.32 Å². The van der Waals surface area contributed by atoms with Crippen LogP contribution >= 0.6 is 23.4 Å². The van der Waals surface area contributed by atoms with Crippen LogP contribution in [0.1, 0.15) is 40.0 Å². The van der Waals surface area contributed by atoms with Gasteiger partial charge in [0.2, 0.25) is 5.91 Å². The lowest BCUT2D eigenvalue weighted by atomic mass is 9.93. The number of halogens is 1. The third-order valence-electron chi connectivity index (χ3n) is 4.25. The number of rotatable bonds is 6. The quantitative estimate of drug-likeness (QED) is 0.548. The summed E-state index contributed by atoms with van der Waals surface area (Å²) in [6.45, 7) is 7.55. The molecule has 1 heterocycles. The van der Waals surface area contributed by atoms with Gasteiger partial charge in [-0.15, -0.1) is 11.8 Å². The molecule has 1 aromatic rings. The molecule has 0 bridgehead atoms. The number of hydrogen-bond acceptors (Lipinski definition) is 4. The number of thioether (sulfide) groups is 1. The standard InChI is InChI=1S/C20H29ClN2O3S/c1-20(2,3)26-19(25)23-11-8-15(9-12-23)14-18(24)22-10-13-27-17-6-4-16(21)5-7-17/h4-7,15H,8-14H2,1-3H3,(H,22,24). The maximum atomic E-state index is 12.1. The number of nitrogens with zero attached hydrogens (tertiary/aromatic N) is 1. The monoisotopic (exact) mass is 412 g/mol. The van der Waals surface area contributed by atoms with Crippen molar-refractivity contribution in [2.75, 3.05) is 25.4 Å². The molecule has 150 valence electrons. The van der Waals surface area contributed by atoms with Gasteiger partial charge in [0.1, 0.15) is 5.60 Å². The summed E-state index contributed by atoms with van der Waals surface area (Å²) < 4.78 is 5.40. The fourth-order valence-electron chi connectivity index (χ4n) is 2.87. The fraction of sp³-hybridized carbons (Fsp3) is 0.600. The van der Waals surface area contributed by atoms with E-state index in [0.29, 0.717) is 32.0 Å². The molecule has 7 heteroatoms. The Morgan fingerprint density at radius 1 is 1.22 bits per heavy atom. The van der Waals surface area contributed by atoms with E-state index >= 15 is 0 Å². The summed E-state index contributed by atoms with van der Waals surface area (Å²) in [5.41, 5.74) is -0.474. The number of ether oxygens (including phenoxy) is 1. The smallest absolute Gasteiger partial charge is 0.410 e. The molecule has 1 saturated heterocycles. The highest BCUT2D eigenvalue weighted by atomic mass is 35.5. The van der Waals surface area contributed by atoms with Crippen LogP contribution in [0.2, 0.25) is 5.02 Å². The van der Waals surface area contributed by atoms with Crippen LogP contribution in [0.4, 0.5) is 4.79 Å². The van der Waals surface area contributed by atoms with Crippen molar-refractivity contribution < 1.29 is 14.3 Å². The summed E-state index contributed by atoms with van der Waals surface area (Å²) in [5, 5.41) is 3.71. The summed E-state index contributed by atoms with van der Waals surface area (Å²) in [4.78, 5) is 27.1. The first-order chi connectivity index (χ1) is 12.7. The van der Waals surface area contributed by atoms with Crippen LogP contribution in [0, 0.1) is 5.92 Å². The number of carbonyl (C=O) groups is 2. The second-order valence-corrected chi connectivity index (χ2v) is 9.37. The van der Waals surface area contributed by atoms with Crippen LogP contribution in [0.15, 0.2) is 29.2 Å². The van der Waals surface area contributed by atoms with Crippen molar-refractivity contribution >= 4 is 35.4 Å². The normalized spacial score (nSPS) is 15.5. The van der Waals surface area contributed by atoms with E-state index in [4.69, 9.17) is 16.3 Å². The van der Waals surface area contributed by atoms with Crippen molar-refractivity contribution in [2.45, 2.75) is 50.5 Å². The number of nitrogens with one attached hydrogen (secondary N) is 1. The predicted molar refractivity (Wildman–Crippen MR) is 110 cm³/mol. The van der Waals surface area contributed by atoms with E-state index in [2.05, 4.69) is 5.32 Å². The molecule has 0 spiro atoms. The number of carbonyl (C=O) groups excluding carboxylic acids is 2. The number of likely N-dealkylation sites (tertiary alicyclic amines) is 1. The molecule has 1 aromatic carbocycles. The summed E-state index contributed by atoms with van der Waals surface area (Å²) in [6, 6.07) is 7.69. The van der Waals surface area contributed by atoms with Gasteiger partial charge in [0.25, 0.3) is 0 Å². The summed E-state index contributed by atoms with van der Waals surface area (Å²) in [7, 11) is 0. The number of piperidine rings is 1. The molecule has 5 nitrogen and oxygen atoms in total. The molecule has 2 rings (SSSR count). The number of amides is 2. The molecular formula is C20H29ClN2O3S. The first-order valence-corrected chi connectivity index (χ1v) is 10.7. The number of benzene rings is 1. The summed E-state index contributed by atoms with van der Waals surface area (Å²) >= 11 is 7.56. The lowest BCUT2D eigenvalue weighted by molar-refractivity contribution is -0.122. The molecule has 1 aliphatic heterocycles. The van der Waals surface area contributed by atoms with Crippen LogP contribution in [0.25, 0.3) is 0 Å². The Hall–Kier alpha value is -1.40. The SMILES string of the molecule is CC(C)(C)OC(=O)N1CCC(CC(=O)NCCSc2ccc(Cl)cc2)CC1. The largest absolute Gasteiger partial charge is 0.444 e. The van der Waals surface area contributed by atoms with E-state index in [1.54, 1.807) is 16.7 Å². The van der Waals surface area contributed by atoms with E-state index in [1.807, 2.05) is 45.0 Å². The molecule has 1 fully saturated rings. The van der Waals surface area contributed by atoms with Crippen LogP contribution in [0.3, 0.4) is 0 Å². The zero-order valence-electron chi connectivity index (χ0n) is 16.3. The first kappa shape index (κ1) is 21.9. The molecule has 1 N–H and O–H groups in total. The highest BCUT2D eigenvalue weighted by Crippen LogP contribution is 2.22. The molecule has 27 heavy (non-hydrogen) atoms. The van der Waals surface area contributed by atoms with Crippen molar-refractivity contribution in [3.63, 3.8) is 0 Å². The lowest BCUT2D eigenvalue weighted by Crippen LogP contribution is -2.42. The molecule has 0 aromatic heterocycles. The van der Waals surface area contributed by atoms with Crippen molar-refractivity contribution in [1.82, 2.24) is 10.2 Å². The Bertz CT molecular complexity index is 623. The maximum absolute atomic E-state index is 12.1. The van der Waals surface area contributed by atoms with Gasteiger partial charge in [-0.25, -0.2) is 4.79 Å². The Morgan fingerprint density at radius 2 is 1.85 bits per heavy atom. The maximum Gasteiger partial charge on any atom is 0.410 e. The van der Waals surface area contributed by atoms with Gasteiger partial charge < -0.3 is 15.0 Å². The molecular weight excluding hydrogens is 384 g/mol. The molecule has 1 aliphatic rings. The van der Waals surface area contributed by atoms with Gasteiger partial charge >= 0.3 is 6.09 Å². The molecule has 0 aliphatic carbocycles. The third kappa shape index (κ3) is 8.43. The molecule has 0 unspecified atom stereocenters. The first-order valence-electron chi connectivity index (χ1n) is 9.36. The van der Waals surface area contributed by atoms with Crippen molar-refractivity contribution in [2.24, 2.45) is 5.92 Å². The average molecular weight is 413 g/mol. The highest BCUT2D eigenvalue weighted by molar-refractivity contribution is 7.99. The van der Waals surface area contributed by atoms with Gasteiger partial charge in [0, 0.05) is 41.7 Å². The Labute approximate surface area is 171 Å². The van der Waals surface area contributed by atoms with Gasteiger partial charge in [-0.1, -0.05) is 11.6 Å². The topological polar surface area (TPSA) is 58.6 Å². The van der Waals surface area contributed by atoms with E-state index in [-0.39, 0.29) is 12.0 Å². The van der Waals surface area contributed by atoms with Crippen LogP contribution in [0.5, 0.6) is 0 Å². The molecule has 0 atom stereocenters. The molecule has 0 saturated carbocycles. The zero-order valence-corrected chi connectivity index (χ0v) is 17.9. The Balaban J connectivity index is 1.60. The Morgan fingerprint density at radius 3 is 2.44 bits per heavy atom. The lowest BCUT2D eigenvalue weighted by Gasteiger charge is -2.33. The van der Waals surface area contributed by atoms with Gasteiger partial charge in [-0.05, 0) is 63.8 Å². The summed E-state index contributed by atoms with van der Waals surface area (Å²) in [5.74, 6) is 1.24. The van der Waals surface area contributed by atoms with Gasteiger partial charge in [0.15, 0.2) is 0 Å². The second kappa shape index (κ2) is 10.2. The predicted octanol–water partition coefficient (Wildman–Crippen LogP) is 4.59. The minimum absolute atomic E-state index is 0.0856. The van der Waals surface area contributed by atoms with Crippen molar-refractivity contribution in [3.05, 3.63) is 29.3 Å². The second-order valence-electron chi connectivity index (χ2n) is 7.77. The fourth-order valence-corrected chi connectivity index (χ4v) is 3.77. The van der Waals surface area contributed by atoms with E-state index in [0.717, 1.165) is 28.5 Å². The molecule has 0 radical (unpaired) electrons. The van der Waals surface area contributed by atoms with E-state index in [9.17, 15) is 9.59 Å². The zero-order chi connectivity index (χ0) is 19.9. The average Bonchev–Trinajstić information content (AvgIpc) is 2.59. The highest BCUT2D eigenvalue weighted by Gasteiger charge is 2.27. The van der Waals surface area contributed by atoms with Gasteiger partial charge in [-0.3, -0.25) is 4.79 Å².